The Balaban J connectivity index is 2.29. The number of amides is 1. The topological polar surface area (TPSA) is 58.4 Å². The Morgan fingerprint density at radius 3 is 2.78 bits per heavy atom. The van der Waals surface area contributed by atoms with Crippen LogP contribution in [0, 0.1) is 0 Å². The first-order valence-electron chi connectivity index (χ1n) is 7.42. The molecule has 1 fully saturated rings. The highest BCUT2D eigenvalue weighted by molar-refractivity contribution is 5.80. The lowest BCUT2D eigenvalue weighted by Gasteiger charge is -2.38. The van der Waals surface area contributed by atoms with E-state index in [1.54, 1.807) is 0 Å². The molecule has 0 saturated carbocycles. The summed E-state index contributed by atoms with van der Waals surface area (Å²) in [7, 11) is 0. The molecule has 106 valence electrons. The van der Waals surface area contributed by atoms with Crippen LogP contribution in [0.15, 0.2) is 0 Å². The van der Waals surface area contributed by atoms with Crippen LogP contribution in [0.2, 0.25) is 0 Å². The normalized spacial score (nSPS) is 22.9. The molecule has 1 heterocycles. The van der Waals surface area contributed by atoms with Crippen molar-refractivity contribution in [2.45, 2.75) is 64.5 Å². The van der Waals surface area contributed by atoms with E-state index in [9.17, 15) is 4.79 Å². The molecule has 0 aromatic carbocycles. The summed E-state index contributed by atoms with van der Waals surface area (Å²) in [6.45, 7) is 7.06. The number of piperazine rings is 1. The second kappa shape index (κ2) is 8.48. The van der Waals surface area contributed by atoms with Crippen molar-refractivity contribution in [2.75, 3.05) is 19.6 Å². The number of carbonyl (C=O) groups is 1. The molecular formula is C14H29N3O. The Labute approximate surface area is 111 Å². The van der Waals surface area contributed by atoms with Gasteiger partial charge in [0.15, 0.2) is 0 Å². The maximum atomic E-state index is 11.4. The van der Waals surface area contributed by atoms with Gasteiger partial charge in [-0.3, -0.25) is 9.69 Å². The number of hydrogen-bond acceptors (Lipinski definition) is 3. The molecule has 1 saturated heterocycles. The fourth-order valence-corrected chi connectivity index (χ4v) is 2.72. The fraction of sp³-hybridized carbons (Fsp3) is 0.929. The molecule has 0 bridgehead atoms. The highest BCUT2D eigenvalue weighted by Gasteiger charge is 2.29. The predicted octanol–water partition coefficient (Wildman–Crippen LogP) is 1.49. The van der Waals surface area contributed by atoms with E-state index >= 15 is 0 Å². The van der Waals surface area contributed by atoms with Crippen molar-refractivity contribution >= 4 is 5.91 Å². The number of primary amides is 1. The highest BCUT2D eigenvalue weighted by Crippen LogP contribution is 2.15. The van der Waals surface area contributed by atoms with Gasteiger partial charge in [0.2, 0.25) is 5.91 Å². The molecule has 1 rings (SSSR count). The first kappa shape index (κ1) is 15.4. The van der Waals surface area contributed by atoms with Gasteiger partial charge < -0.3 is 11.1 Å². The van der Waals surface area contributed by atoms with Gasteiger partial charge in [0.1, 0.15) is 6.04 Å². The summed E-state index contributed by atoms with van der Waals surface area (Å²) in [5.74, 6) is -0.194. The molecule has 0 spiro atoms. The summed E-state index contributed by atoms with van der Waals surface area (Å²) in [6, 6.07) is 0.343. The quantitative estimate of drug-likeness (QED) is 0.646. The molecule has 0 aromatic heterocycles. The molecule has 0 aromatic rings. The minimum Gasteiger partial charge on any atom is -0.368 e. The second-order valence-corrected chi connectivity index (χ2v) is 5.41. The van der Waals surface area contributed by atoms with Crippen LogP contribution in [0.4, 0.5) is 0 Å². The van der Waals surface area contributed by atoms with Crippen LogP contribution in [0.3, 0.4) is 0 Å². The van der Waals surface area contributed by atoms with Crippen LogP contribution >= 0.6 is 0 Å². The van der Waals surface area contributed by atoms with E-state index in [1.807, 2.05) is 0 Å². The lowest BCUT2D eigenvalue weighted by molar-refractivity contribution is -0.124. The number of nitrogens with one attached hydrogen (secondary N) is 1. The smallest absolute Gasteiger partial charge is 0.236 e. The average Bonchev–Trinajstić information content (AvgIpc) is 2.38. The molecule has 1 aliphatic heterocycles. The van der Waals surface area contributed by atoms with E-state index in [-0.39, 0.29) is 11.9 Å². The molecule has 4 heteroatoms. The van der Waals surface area contributed by atoms with Crippen LogP contribution in [0.1, 0.15) is 52.4 Å². The molecule has 18 heavy (non-hydrogen) atoms. The minimum absolute atomic E-state index is 0.121. The number of hydrogen-bond donors (Lipinski definition) is 2. The highest BCUT2D eigenvalue weighted by atomic mass is 16.1. The predicted molar refractivity (Wildman–Crippen MR) is 75.4 cm³/mol. The summed E-state index contributed by atoms with van der Waals surface area (Å²) in [5, 5.41) is 3.24. The van der Waals surface area contributed by atoms with Gasteiger partial charge in [0, 0.05) is 25.7 Å². The van der Waals surface area contributed by atoms with Gasteiger partial charge in [0.25, 0.3) is 0 Å². The zero-order chi connectivity index (χ0) is 13.4. The van der Waals surface area contributed by atoms with E-state index < -0.39 is 0 Å². The van der Waals surface area contributed by atoms with Crippen molar-refractivity contribution in [3.05, 3.63) is 0 Å². The monoisotopic (exact) mass is 255 g/mol. The summed E-state index contributed by atoms with van der Waals surface area (Å²) in [6.07, 6.45) is 7.71. The van der Waals surface area contributed by atoms with Gasteiger partial charge >= 0.3 is 0 Å². The number of nitrogens with two attached hydrogens (primary N) is 1. The zero-order valence-electron chi connectivity index (χ0n) is 12.0. The maximum Gasteiger partial charge on any atom is 0.236 e. The van der Waals surface area contributed by atoms with Crippen molar-refractivity contribution in [3.8, 4) is 0 Å². The third kappa shape index (κ3) is 4.94. The third-order valence-electron chi connectivity index (χ3n) is 3.90. The Kier molecular flexibility index (Phi) is 7.28. The average molecular weight is 255 g/mol. The molecule has 1 amide bonds. The number of carbonyl (C=O) groups excluding carboxylic acids is 1. The van der Waals surface area contributed by atoms with Crippen molar-refractivity contribution in [2.24, 2.45) is 5.73 Å². The van der Waals surface area contributed by atoms with Gasteiger partial charge in [-0.1, -0.05) is 39.0 Å². The van der Waals surface area contributed by atoms with E-state index in [0.29, 0.717) is 12.6 Å². The third-order valence-corrected chi connectivity index (χ3v) is 3.90. The summed E-state index contributed by atoms with van der Waals surface area (Å²) >= 11 is 0. The Hall–Kier alpha value is -0.610. The number of unbranched alkanes of at least 4 members (excludes halogenated alkanes) is 4. The Morgan fingerprint density at radius 2 is 2.11 bits per heavy atom. The second-order valence-electron chi connectivity index (χ2n) is 5.41. The SMILES string of the molecule is CCCCCCCC(C)N1CCNCC1C(N)=O. The molecule has 3 N–H and O–H groups in total. The maximum absolute atomic E-state index is 11.4. The lowest BCUT2D eigenvalue weighted by atomic mass is 10.0. The van der Waals surface area contributed by atoms with Crippen molar-refractivity contribution in [3.63, 3.8) is 0 Å². The molecule has 0 aliphatic carbocycles. The standard InChI is InChI=1S/C14H29N3O/c1-3-4-5-6-7-8-12(2)17-10-9-16-11-13(17)14(15)18/h12-13,16H,3-11H2,1-2H3,(H2,15,18). The van der Waals surface area contributed by atoms with Crippen LogP contribution in [-0.2, 0) is 4.79 Å². The molecule has 0 radical (unpaired) electrons. The van der Waals surface area contributed by atoms with Gasteiger partial charge in [-0.15, -0.1) is 0 Å². The largest absolute Gasteiger partial charge is 0.368 e. The zero-order valence-corrected chi connectivity index (χ0v) is 12.0. The van der Waals surface area contributed by atoms with Gasteiger partial charge in [-0.2, -0.15) is 0 Å². The first-order chi connectivity index (χ1) is 8.66. The van der Waals surface area contributed by atoms with Crippen molar-refractivity contribution < 1.29 is 4.79 Å². The lowest BCUT2D eigenvalue weighted by Crippen LogP contribution is -2.59. The van der Waals surface area contributed by atoms with Gasteiger partial charge in [-0.25, -0.2) is 0 Å². The van der Waals surface area contributed by atoms with E-state index in [0.717, 1.165) is 13.1 Å². The van der Waals surface area contributed by atoms with Crippen molar-refractivity contribution in [1.82, 2.24) is 10.2 Å². The summed E-state index contributed by atoms with van der Waals surface area (Å²) in [4.78, 5) is 13.7. The van der Waals surface area contributed by atoms with Crippen LogP contribution < -0.4 is 11.1 Å². The van der Waals surface area contributed by atoms with Crippen LogP contribution in [0.25, 0.3) is 0 Å². The summed E-state index contributed by atoms with van der Waals surface area (Å²) < 4.78 is 0. The number of rotatable bonds is 8. The van der Waals surface area contributed by atoms with Gasteiger partial charge in [-0.05, 0) is 13.3 Å². The first-order valence-corrected chi connectivity index (χ1v) is 7.42. The Morgan fingerprint density at radius 1 is 1.39 bits per heavy atom. The van der Waals surface area contributed by atoms with Gasteiger partial charge in [0.05, 0.1) is 0 Å². The van der Waals surface area contributed by atoms with Crippen LogP contribution in [-0.4, -0.2) is 42.5 Å². The van der Waals surface area contributed by atoms with E-state index in [1.165, 1.54) is 38.5 Å². The molecule has 1 aliphatic rings. The molecule has 4 nitrogen and oxygen atoms in total. The van der Waals surface area contributed by atoms with Crippen LogP contribution in [0.5, 0.6) is 0 Å². The van der Waals surface area contributed by atoms with E-state index in [4.69, 9.17) is 5.73 Å². The Bertz CT molecular complexity index is 245. The van der Waals surface area contributed by atoms with E-state index in [2.05, 4.69) is 24.1 Å². The molecule has 2 atom stereocenters. The molecular weight excluding hydrogens is 226 g/mol. The fourth-order valence-electron chi connectivity index (χ4n) is 2.72. The summed E-state index contributed by atoms with van der Waals surface area (Å²) in [5.41, 5.74) is 5.47. The minimum atomic E-state index is -0.194. The van der Waals surface area contributed by atoms with Crippen molar-refractivity contribution in [1.29, 1.82) is 0 Å². The molecule has 2 unspecified atom stereocenters. The number of nitrogens with zero attached hydrogens (tertiary/aromatic N) is 1.